The van der Waals surface area contributed by atoms with Gasteiger partial charge >= 0.3 is 0 Å². The molecule has 0 aromatic heterocycles. The predicted molar refractivity (Wildman–Crippen MR) is 35.0 cm³/mol. The SMILES string of the molecule is NC1CCC(F)C(F)C1N. The van der Waals surface area contributed by atoms with E-state index in [4.69, 9.17) is 11.5 Å². The third-order valence-electron chi connectivity index (χ3n) is 1.98. The van der Waals surface area contributed by atoms with Crippen molar-refractivity contribution in [2.75, 3.05) is 0 Å². The van der Waals surface area contributed by atoms with Crippen LogP contribution in [0, 0.1) is 0 Å². The molecule has 2 nitrogen and oxygen atoms in total. The molecule has 0 aromatic rings. The monoisotopic (exact) mass is 150 g/mol. The zero-order valence-corrected chi connectivity index (χ0v) is 5.63. The molecule has 0 heterocycles. The Bertz CT molecular complexity index is 106. The first kappa shape index (κ1) is 7.88. The highest BCUT2D eigenvalue weighted by Crippen LogP contribution is 2.22. The molecule has 0 saturated heterocycles. The van der Waals surface area contributed by atoms with Gasteiger partial charge in [0.1, 0.15) is 12.3 Å². The maximum Gasteiger partial charge on any atom is 0.148 e. The topological polar surface area (TPSA) is 52.0 Å². The molecule has 0 aromatic carbocycles. The fourth-order valence-electron chi connectivity index (χ4n) is 1.18. The molecular formula is C6H12F2N2. The number of hydrogen-bond acceptors (Lipinski definition) is 2. The second-order valence-electron chi connectivity index (χ2n) is 2.78. The molecule has 4 N–H and O–H groups in total. The number of nitrogens with two attached hydrogens (primary N) is 2. The minimum Gasteiger partial charge on any atom is -0.326 e. The van der Waals surface area contributed by atoms with Crippen LogP contribution in [0.3, 0.4) is 0 Å². The van der Waals surface area contributed by atoms with Crippen LogP contribution < -0.4 is 11.5 Å². The Labute approximate surface area is 58.6 Å². The lowest BCUT2D eigenvalue weighted by atomic mass is 9.89. The van der Waals surface area contributed by atoms with E-state index in [2.05, 4.69) is 0 Å². The van der Waals surface area contributed by atoms with Crippen LogP contribution in [-0.4, -0.2) is 24.4 Å². The molecule has 0 spiro atoms. The molecule has 10 heavy (non-hydrogen) atoms. The fourth-order valence-corrected chi connectivity index (χ4v) is 1.18. The van der Waals surface area contributed by atoms with Gasteiger partial charge < -0.3 is 11.5 Å². The van der Waals surface area contributed by atoms with Crippen molar-refractivity contribution in [1.29, 1.82) is 0 Å². The van der Waals surface area contributed by atoms with Crippen molar-refractivity contribution in [2.45, 2.75) is 37.3 Å². The fraction of sp³-hybridized carbons (Fsp3) is 1.00. The van der Waals surface area contributed by atoms with E-state index >= 15 is 0 Å². The van der Waals surface area contributed by atoms with Crippen LogP contribution in [0.4, 0.5) is 8.78 Å². The van der Waals surface area contributed by atoms with E-state index in [0.717, 1.165) is 0 Å². The lowest BCUT2D eigenvalue weighted by Gasteiger charge is -2.30. The molecule has 1 rings (SSSR count). The summed E-state index contributed by atoms with van der Waals surface area (Å²) < 4.78 is 25.1. The summed E-state index contributed by atoms with van der Waals surface area (Å²) in [6.07, 6.45) is -2.28. The van der Waals surface area contributed by atoms with Crippen LogP contribution in [-0.2, 0) is 0 Å². The Balaban J connectivity index is 2.52. The van der Waals surface area contributed by atoms with Crippen molar-refractivity contribution in [3.8, 4) is 0 Å². The van der Waals surface area contributed by atoms with Crippen molar-refractivity contribution in [1.82, 2.24) is 0 Å². The zero-order valence-electron chi connectivity index (χ0n) is 5.63. The molecule has 60 valence electrons. The second-order valence-corrected chi connectivity index (χ2v) is 2.78. The molecule has 0 bridgehead atoms. The Hall–Kier alpha value is -0.220. The molecule has 1 aliphatic carbocycles. The average Bonchev–Trinajstić information content (AvgIpc) is 1.93. The third kappa shape index (κ3) is 1.27. The highest BCUT2D eigenvalue weighted by molar-refractivity contribution is 4.92. The Morgan fingerprint density at radius 1 is 1.10 bits per heavy atom. The van der Waals surface area contributed by atoms with E-state index < -0.39 is 18.4 Å². The number of hydrogen-bond donors (Lipinski definition) is 2. The van der Waals surface area contributed by atoms with Gasteiger partial charge in [0.25, 0.3) is 0 Å². The van der Waals surface area contributed by atoms with Crippen LogP contribution >= 0.6 is 0 Å². The van der Waals surface area contributed by atoms with Gasteiger partial charge in [-0.05, 0) is 12.8 Å². The average molecular weight is 150 g/mol. The summed E-state index contributed by atoms with van der Waals surface area (Å²) in [4.78, 5) is 0. The molecule has 0 amide bonds. The molecule has 1 fully saturated rings. The summed E-state index contributed by atoms with van der Waals surface area (Å²) in [7, 11) is 0. The number of alkyl halides is 2. The van der Waals surface area contributed by atoms with Gasteiger partial charge in [0, 0.05) is 6.04 Å². The van der Waals surface area contributed by atoms with E-state index in [9.17, 15) is 8.78 Å². The lowest BCUT2D eigenvalue weighted by Crippen LogP contribution is -2.54. The molecule has 4 heteroatoms. The molecule has 1 aliphatic rings. The summed E-state index contributed by atoms with van der Waals surface area (Å²) in [5.41, 5.74) is 10.7. The summed E-state index contributed by atoms with van der Waals surface area (Å²) in [6.45, 7) is 0. The Morgan fingerprint density at radius 2 is 1.70 bits per heavy atom. The van der Waals surface area contributed by atoms with Crippen molar-refractivity contribution >= 4 is 0 Å². The van der Waals surface area contributed by atoms with Crippen molar-refractivity contribution < 1.29 is 8.78 Å². The minimum absolute atomic E-state index is 0.204. The van der Waals surface area contributed by atoms with Gasteiger partial charge in [-0.1, -0.05) is 0 Å². The normalized spacial score (nSPS) is 49.2. The smallest absolute Gasteiger partial charge is 0.148 e. The number of rotatable bonds is 0. The van der Waals surface area contributed by atoms with Crippen molar-refractivity contribution in [3.63, 3.8) is 0 Å². The lowest BCUT2D eigenvalue weighted by molar-refractivity contribution is 0.0898. The van der Waals surface area contributed by atoms with Gasteiger partial charge in [-0.15, -0.1) is 0 Å². The van der Waals surface area contributed by atoms with Crippen molar-refractivity contribution in [3.05, 3.63) is 0 Å². The van der Waals surface area contributed by atoms with E-state index in [-0.39, 0.29) is 12.5 Å². The quantitative estimate of drug-likeness (QED) is 0.515. The van der Waals surface area contributed by atoms with Crippen LogP contribution in [0.25, 0.3) is 0 Å². The Morgan fingerprint density at radius 3 is 2.20 bits per heavy atom. The number of halogens is 2. The molecule has 4 unspecified atom stereocenters. The first-order chi connectivity index (χ1) is 4.63. The van der Waals surface area contributed by atoms with Gasteiger partial charge in [-0.2, -0.15) is 0 Å². The van der Waals surface area contributed by atoms with E-state index in [1.807, 2.05) is 0 Å². The van der Waals surface area contributed by atoms with Gasteiger partial charge in [0.05, 0.1) is 6.04 Å². The van der Waals surface area contributed by atoms with E-state index in [1.165, 1.54) is 0 Å². The van der Waals surface area contributed by atoms with Crippen LogP contribution in [0.15, 0.2) is 0 Å². The molecule has 4 atom stereocenters. The standard InChI is InChI=1S/C6H12F2N2/c7-3-1-2-4(9)6(10)5(3)8/h3-6H,1-2,9-10H2. The third-order valence-corrected chi connectivity index (χ3v) is 1.98. The van der Waals surface area contributed by atoms with Crippen LogP contribution in [0.5, 0.6) is 0 Å². The van der Waals surface area contributed by atoms with Gasteiger partial charge in [0.15, 0.2) is 0 Å². The summed E-state index contributed by atoms with van der Waals surface area (Å²) >= 11 is 0. The van der Waals surface area contributed by atoms with Gasteiger partial charge in [0.2, 0.25) is 0 Å². The summed E-state index contributed by atoms with van der Waals surface area (Å²) in [5.74, 6) is 0. The minimum atomic E-state index is -1.57. The van der Waals surface area contributed by atoms with Crippen LogP contribution in [0.1, 0.15) is 12.8 Å². The summed E-state index contributed by atoms with van der Waals surface area (Å²) in [5, 5.41) is 0. The largest absolute Gasteiger partial charge is 0.326 e. The van der Waals surface area contributed by atoms with E-state index in [1.54, 1.807) is 0 Å². The first-order valence-electron chi connectivity index (χ1n) is 3.42. The highest BCUT2D eigenvalue weighted by Gasteiger charge is 2.35. The second kappa shape index (κ2) is 2.80. The van der Waals surface area contributed by atoms with E-state index in [0.29, 0.717) is 6.42 Å². The maximum absolute atomic E-state index is 12.6. The maximum atomic E-state index is 12.6. The molecule has 0 aliphatic heterocycles. The van der Waals surface area contributed by atoms with Crippen molar-refractivity contribution in [2.24, 2.45) is 11.5 Å². The zero-order chi connectivity index (χ0) is 7.72. The molecule has 0 radical (unpaired) electrons. The predicted octanol–water partition coefficient (Wildman–Crippen LogP) is 0.111. The Kier molecular flexibility index (Phi) is 2.21. The summed E-state index contributed by atoms with van der Waals surface area (Å²) in [6, 6.07) is -1.19. The van der Waals surface area contributed by atoms with Gasteiger partial charge in [-0.3, -0.25) is 0 Å². The highest BCUT2D eigenvalue weighted by atomic mass is 19.2. The molecule has 1 saturated carbocycles. The first-order valence-corrected chi connectivity index (χ1v) is 3.42. The molecular weight excluding hydrogens is 138 g/mol. The van der Waals surface area contributed by atoms with Gasteiger partial charge in [-0.25, -0.2) is 8.78 Å². The van der Waals surface area contributed by atoms with Crippen LogP contribution in [0.2, 0.25) is 0 Å².